The highest BCUT2D eigenvalue weighted by Gasteiger charge is 2.15. The van der Waals surface area contributed by atoms with Gasteiger partial charge < -0.3 is 14.8 Å². The van der Waals surface area contributed by atoms with Crippen LogP contribution in [0.5, 0.6) is 5.75 Å². The first kappa shape index (κ1) is 17.9. The van der Waals surface area contributed by atoms with Gasteiger partial charge in [0.1, 0.15) is 12.4 Å². The largest absolute Gasteiger partial charge is 0.493 e. The monoisotopic (exact) mass is 315 g/mol. The van der Waals surface area contributed by atoms with Crippen LogP contribution in [0.2, 0.25) is 0 Å². The van der Waals surface area contributed by atoms with Crippen LogP contribution in [0.3, 0.4) is 0 Å². The van der Waals surface area contributed by atoms with Crippen molar-refractivity contribution in [2.75, 3.05) is 32.6 Å². The van der Waals surface area contributed by atoms with E-state index in [9.17, 15) is 8.42 Å². The van der Waals surface area contributed by atoms with Crippen LogP contribution in [0.25, 0.3) is 0 Å². The Kier molecular flexibility index (Phi) is 7.71. The molecule has 1 aromatic carbocycles. The smallest absolute Gasteiger partial charge is 0.155 e. The van der Waals surface area contributed by atoms with Crippen molar-refractivity contribution in [3.8, 4) is 5.75 Å². The molecule has 0 unspecified atom stereocenters. The summed E-state index contributed by atoms with van der Waals surface area (Å²) in [6, 6.07) is 7.64. The first-order chi connectivity index (χ1) is 9.95. The predicted molar refractivity (Wildman–Crippen MR) is 84.4 cm³/mol. The molecule has 21 heavy (non-hydrogen) atoms. The maximum atomic E-state index is 11.6. The van der Waals surface area contributed by atoms with Gasteiger partial charge in [0.15, 0.2) is 9.84 Å². The van der Waals surface area contributed by atoms with Crippen LogP contribution in [0.15, 0.2) is 24.3 Å². The molecule has 1 rings (SSSR count). The van der Waals surface area contributed by atoms with Gasteiger partial charge in [0.25, 0.3) is 0 Å². The first-order valence-electron chi connectivity index (χ1n) is 7.08. The van der Waals surface area contributed by atoms with Crippen molar-refractivity contribution in [2.24, 2.45) is 0 Å². The van der Waals surface area contributed by atoms with Gasteiger partial charge in [-0.25, -0.2) is 8.42 Å². The Hall–Kier alpha value is -1.11. The molecule has 0 spiro atoms. The van der Waals surface area contributed by atoms with Crippen molar-refractivity contribution < 1.29 is 17.9 Å². The summed E-state index contributed by atoms with van der Waals surface area (Å²) < 4.78 is 33.7. The Morgan fingerprint density at radius 2 is 1.81 bits per heavy atom. The van der Waals surface area contributed by atoms with Crippen LogP contribution in [0, 0.1) is 0 Å². The molecular weight excluding hydrogens is 290 g/mol. The highest BCUT2D eigenvalue weighted by Crippen LogP contribution is 2.12. The molecule has 0 saturated heterocycles. The molecule has 6 heteroatoms. The summed E-state index contributed by atoms with van der Waals surface area (Å²) >= 11 is 0. The summed E-state index contributed by atoms with van der Waals surface area (Å²) in [6.45, 7) is 5.81. The average Bonchev–Trinajstić information content (AvgIpc) is 2.45. The van der Waals surface area contributed by atoms with Crippen LogP contribution in [0.1, 0.15) is 19.4 Å². The zero-order chi connectivity index (χ0) is 15.7. The third-order valence-electron chi connectivity index (χ3n) is 3.09. The molecule has 0 aliphatic heterocycles. The topological polar surface area (TPSA) is 64.6 Å². The van der Waals surface area contributed by atoms with Crippen LogP contribution in [-0.2, 0) is 21.1 Å². The van der Waals surface area contributed by atoms with Gasteiger partial charge in [-0.15, -0.1) is 0 Å². The lowest BCUT2D eigenvalue weighted by molar-refractivity contribution is 0.199. The molecule has 1 aromatic rings. The Morgan fingerprint density at radius 1 is 1.14 bits per heavy atom. The number of hydrogen-bond acceptors (Lipinski definition) is 5. The molecule has 5 nitrogen and oxygen atoms in total. The highest BCUT2D eigenvalue weighted by molar-refractivity contribution is 7.91. The molecule has 0 aliphatic carbocycles. The van der Waals surface area contributed by atoms with E-state index in [1.807, 2.05) is 24.3 Å². The van der Waals surface area contributed by atoms with Gasteiger partial charge in [0, 0.05) is 20.2 Å². The molecule has 0 bridgehead atoms. The van der Waals surface area contributed by atoms with Gasteiger partial charge >= 0.3 is 0 Å². The lowest BCUT2D eigenvalue weighted by Gasteiger charge is -2.10. The SMILES string of the molecule is COCCNCc1ccc(OCCS(=O)(=O)C(C)C)cc1. The van der Waals surface area contributed by atoms with Gasteiger partial charge in [-0.1, -0.05) is 12.1 Å². The Bertz CT molecular complexity index is 497. The number of hydrogen-bond donors (Lipinski definition) is 1. The Labute approximate surface area is 127 Å². The normalized spacial score (nSPS) is 11.8. The van der Waals surface area contributed by atoms with E-state index in [1.165, 1.54) is 0 Å². The number of nitrogens with one attached hydrogen (secondary N) is 1. The van der Waals surface area contributed by atoms with Crippen molar-refractivity contribution in [2.45, 2.75) is 25.6 Å². The summed E-state index contributed by atoms with van der Waals surface area (Å²) in [4.78, 5) is 0. The maximum absolute atomic E-state index is 11.6. The zero-order valence-electron chi connectivity index (χ0n) is 13.0. The van der Waals surface area contributed by atoms with Crippen molar-refractivity contribution in [1.82, 2.24) is 5.32 Å². The lowest BCUT2D eigenvalue weighted by Crippen LogP contribution is -2.22. The second kappa shape index (κ2) is 9.02. The maximum Gasteiger partial charge on any atom is 0.155 e. The summed E-state index contributed by atoms with van der Waals surface area (Å²) in [5.74, 6) is 0.736. The number of methoxy groups -OCH3 is 1. The molecule has 0 atom stereocenters. The van der Waals surface area contributed by atoms with Crippen LogP contribution in [-0.4, -0.2) is 46.3 Å². The molecule has 0 fully saturated rings. The second-order valence-corrected chi connectivity index (χ2v) is 7.75. The van der Waals surface area contributed by atoms with E-state index >= 15 is 0 Å². The van der Waals surface area contributed by atoms with E-state index in [1.54, 1.807) is 21.0 Å². The van der Waals surface area contributed by atoms with E-state index in [0.29, 0.717) is 12.4 Å². The number of benzene rings is 1. The average molecular weight is 315 g/mol. The molecule has 1 N–H and O–H groups in total. The van der Waals surface area contributed by atoms with Crippen LogP contribution in [0.4, 0.5) is 0 Å². The summed E-state index contributed by atoms with van der Waals surface area (Å²) in [5, 5.41) is 2.89. The molecular formula is C15H25NO4S. The fraction of sp³-hybridized carbons (Fsp3) is 0.600. The highest BCUT2D eigenvalue weighted by atomic mass is 32.2. The molecule has 0 amide bonds. The van der Waals surface area contributed by atoms with E-state index < -0.39 is 9.84 Å². The van der Waals surface area contributed by atoms with Gasteiger partial charge in [-0.2, -0.15) is 0 Å². The summed E-state index contributed by atoms with van der Waals surface area (Å²) in [6.07, 6.45) is 0. The van der Waals surface area contributed by atoms with Crippen molar-refractivity contribution in [1.29, 1.82) is 0 Å². The van der Waals surface area contributed by atoms with Crippen molar-refractivity contribution in [3.63, 3.8) is 0 Å². The van der Waals surface area contributed by atoms with E-state index in [4.69, 9.17) is 9.47 Å². The fourth-order valence-corrected chi connectivity index (χ4v) is 2.41. The second-order valence-electron chi connectivity index (χ2n) is 5.08. The minimum absolute atomic E-state index is 0.0466. The van der Waals surface area contributed by atoms with E-state index in [0.717, 1.165) is 18.7 Å². The van der Waals surface area contributed by atoms with Crippen molar-refractivity contribution in [3.05, 3.63) is 29.8 Å². The van der Waals surface area contributed by atoms with Gasteiger partial charge in [-0.05, 0) is 31.5 Å². The molecule has 0 aliphatic rings. The summed E-state index contributed by atoms with van der Waals surface area (Å²) in [7, 11) is -1.37. The first-order valence-corrected chi connectivity index (χ1v) is 8.80. The van der Waals surface area contributed by atoms with Gasteiger partial charge in [0.05, 0.1) is 17.6 Å². The summed E-state index contributed by atoms with van der Waals surface area (Å²) in [5.41, 5.74) is 1.15. The minimum atomic E-state index is -3.04. The van der Waals surface area contributed by atoms with Crippen molar-refractivity contribution >= 4 is 9.84 Å². The molecule has 0 saturated carbocycles. The number of sulfone groups is 1. The van der Waals surface area contributed by atoms with Gasteiger partial charge in [-0.3, -0.25) is 0 Å². The Morgan fingerprint density at radius 3 is 2.38 bits per heavy atom. The Balaban J connectivity index is 2.34. The van der Waals surface area contributed by atoms with E-state index in [2.05, 4.69) is 5.32 Å². The fourth-order valence-electron chi connectivity index (χ4n) is 1.62. The lowest BCUT2D eigenvalue weighted by atomic mass is 10.2. The van der Waals surface area contributed by atoms with Gasteiger partial charge in [0.2, 0.25) is 0 Å². The third-order valence-corrected chi connectivity index (χ3v) is 5.26. The third kappa shape index (κ3) is 6.93. The van der Waals surface area contributed by atoms with Crippen LogP contribution < -0.4 is 10.1 Å². The molecule has 120 valence electrons. The molecule has 0 radical (unpaired) electrons. The standard InChI is InChI=1S/C15H25NO4S/c1-13(2)21(17,18)11-10-20-15-6-4-14(5-7-15)12-16-8-9-19-3/h4-7,13,16H,8-12H2,1-3H3. The molecule has 0 heterocycles. The quantitative estimate of drug-likeness (QED) is 0.665. The zero-order valence-corrected chi connectivity index (χ0v) is 13.8. The predicted octanol–water partition coefficient (Wildman–Crippen LogP) is 1.62. The number of rotatable bonds is 10. The molecule has 0 aromatic heterocycles. The minimum Gasteiger partial charge on any atom is -0.493 e. The van der Waals surface area contributed by atoms with E-state index in [-0.39, 0.29) is 17.6 Å². The number of ether oxygens (including phenoxy) is 2. The van der Waals surface area contributed by atoms with Crippen LogP contribution >= 0.6 is 0 Å².